The van der Waals surface area contributed by atoms with Gasteiger partial charge in [-0.2, -0.15) is 0 Å². The monoisotopic (exact) mass is 747 g/mol. The molecule has 284 valence electrons. The highest BCUT2D eigenvalue weighted by molar-refractivity contribution is 5.94. The third-order valence-corrected chi connectivity index (χ3v) is 10.6. The number of carboxylic acids is 2. The summed E-state index contributed by atoms with van der Waals surface area (Å²) in [5.41, 5.74) is 9.63. The summed E-state index contributed by atoms with van der Waals surface area (Å²) in [6.07, 6.45) is 12.4. The molecule has 2 aromatic carbocycles. The molecule has 11 heteroatoms. The van der Waals surface area contributed by atoms with Gasteiger partial charge in [0, 0.05) is 67.0 Å². The summed E-state index contributed by atoms with van der Waals surface area (Å²) in [6, 6.07) is 31.9. The molecule has 4 N–H and O–H groups in total. The number of nitrogens with one attached hydrogen (secondary N) is 2. The van der Waals surface area contributed by atoms with Crippen LogP contribution in [0.15, 0.2) is 122 Å². The lowest BCUT2D eigenvalue weighted by Crippen LogP contribution is -2.21. The lowest BCUT2D eigenvalue weighted by molar-refractivity contribution is 0.0687. The van der Waals surface area contributed by atoms with E-state index in [9.17, 15) is 19.8 Å². The fraction of sp³-hybridized carbons (Fsp3) is 0.244. The van der Waals surface area contributed by atoms with Crippen molar-refractivity contribution >= 4 is 34.8 Å². The molecule has 0 saturated heterocycles. The number of hydrogen-bond acceptors (Lipinski definition) is 9. The summed E-state index contributed by atoms with van der Waals surface area (Å²) in [4.78, 5) is 42.8. The molecule has 6 aromatic rings. The maximum atomic E-state index is 11.4. The SMILES string of the molecule is CN(c1ccccc1)c1ccc2c(n1)CCCC2CNc1cnccc1C(=O)O.O=C(O)c1ccncc1NCC1CCCc2nc(-c3ccccc3)ccc21. The molecule has 2 atom stereocenters. The van der Waals surface area contributed by atoms with E-state index in [-0.39, 0.29) is 11.1 Å². The van der Waals surface area contributed by atoms with Crippen LogP contribution in [-0.4, -0.2) is 62.2 Å². The Morgan fingerprint density at radius 2 is 1.18 bits per heavy atom. The van der Waals surface area contributed by atoms with E-state index in [0.717, 1.165) is 72.7 Å². The van der Waals surface area contributed by atoms with Gasteiger partial charge in [-0.3, -0.25) is 15.0 Å². The average molecular weight is 748 g/mol. The van der Waals surface area contributed by atoms with Gasteiger partial charge in [0.1, 0.15) is 5.82 Å². The lowest BCUT2D eigenvalue weighted by Gasteiger charge is -2.27. The Bertz CT molecular complexity index is 2290. The number of rotatable bonds is 11. The zero-order valence-electron chi connectivity index (χ0n) is 31.3. The molecule has 0 saturated carbocycles. The van der Waals surface area contributed by atoms with Crippen molar-refractivity contribution in [1.82, 2.24) is 19.9 Å². The van der Waals surface area contributed by atoms with Crippen molar-refractivity contribution in [3.05, 3.63) is 155 Å². The summed E-state index contributed by atoms with van der Waals surface area (Å²) < 4.78 is 0. The Kier molecular flexibility index (Phi) is 11.9. The van der Waals surface area contributed by atoms with E-state index in [1.807, 2.05) is 43.4 Å². The molecule has 0 bridgehead atoms. The van der Waals surface area contributed by atoms with Crippen molar-refractivity contribution in [3.63, 3.8) is 0 Å². The second-order valence-electron chi connectivity index (χ2n) is 14.1. The predicted octanol–water partition coefficient (Wildman–Crippen LogP) is 8.85. The molecule has 4 heterocycles. The van der Waals surface area contributed by atoms with Crippen molar-refractivity contribution < 1.29 is 19.8 Å². The highest BCUT2D eigenvalue weighted by atomic mass is 16.4. The van der Waals surface area contributed by atoms with Gasteiger partial charge in [-0.1, -0.05) is 60.7 Å². The van der Waals surface area contributed by atoms with Gasteiger partial charge in [0.2, 0.25) is 0 Å². The lowest BCUT2D eigenvalue weighted by atomic mass is 9.85. The minimum atomic E-state index is -0.950. The molecule has 0 radical (unpaired) electrons. The number of carbonyl (C=O) groups is 2. The summed E-state index contributed by atoms with van der Waals surface area (Å²) >= 11 is 0. The number of aromatic carboxylic acids is 2. The van der Waals surface area contributed by atoms with Gasteiger partial charge in [0.25, 0.3) is 0 Å². The topological polar surface area (TPSA) is 153 Å². The smallest absolute Gasteiger partial charge is 0.337 e. The Hall–Kier alpha value is -6.62. The van der Waals surface area contributed by atoms with Gasteiger partial charge in [-0.05, 0) is 86.1 Å². The minimum Gasteiger partial charge on any atom is -0.478 e. The van der Waals surface area contributed by atoms with E-state index in [4.69, 9.17) is 9.97 Å². The molecule has 2 unspecified atom stereocenters. The van der Waals surface area contributed by atoms with Crippen molar-refractivity contribution in [3.8, 4) is 11.3 Å². The Morgan fingerprint density at radius 3 is 1.73 bits per heavy atom. The summed E-state index contributed by atoms with van der Waals surface area (Å²) in [5.74, 6) is -0.353. The van der Waals surface area contributed by atoms with E-state index in [1.54, 1.807) is 12.4 Å². The number of para-hydroxylation sites is 1. The molecule has 0 aliphatic heterocycles. The van der Waals surface area contributed by atoms with Gasteiger partial charge in [-0.15, -0.1) is 0 Å². The number of fused-ring (bicyclic) bond motifs is 2. The van der Waals surface area contributed by atoms with Crippen LogP contribution < -0.4 is 15.5 Å². The summed E-state index contributed by atoms with van der Waals surface area (Å²) in [7, 11) is 2.03. The minimum absolute atomic E-state index is 0.244. The first-order valence-corrected chi connectivity index (χ1v) is 19.0. The first-order valence-electron chi connectivity index (χ1n) is 19.0. The van der Waals surface area contributed by atoms with Crippen LogP contribution >= 0.6 is 0 Å². The largest absolute Gasteiger partial charge is 0.478 e. The fourth-order valence-corrected chi connectivity index (χ4v) is 7.57. The van der Waals surface area contributed by atoms with Crippen LogP contribution in [0.4, 0.5) is 22.9 Å². The molecule has 2 aliphatic rings. The van der Waals surface area contributed by atoms with Crippen LogP contribution in [0.5, 0.6) is 0 Å². The van der Waals surface area contributed by atoms with Crippen LogP contribution in [-0.2, 0) is 12.8 Å². The van der Waals surface area contributed by atoms with Crippen molar-refractivity contribution in [2.45, 2.75) is 50.4 Å². The Morgan fingerprint density at radius 1 is 0.661 bits per heavy atom. The molecular weight excluding hydrogens is 703 g/mol. The van der Waals surface area contributed by atoms with Crippen LogP contribution in [0.2, 0.25) is 0 Å². The maximum Gasteiger partial charge on any atom is 0.337 e. The van der Waals surface area contributed by atoms with Gasteiger partial charge < -0.3 is 25.7 Å². The highest BCUT2D eigenvalue weighted by Gasteiger charge is 2.24. The number of pyridine rings is 4. The highest BCUT2D eigenvalue weighted by Crippen LogP contribution is 2.35. The number of hydrogen-bond donors (Lipinski definition) is 4. The van der Waals surface area contributed by atoms with Crippen molar-refractivity contribution in [1.29, 1.82) is 0 Å². The summed E-state index contributed by atoms with van der Waals surface area (Å²) in [5, 5.41) is 25.2. The van der Waals surface area contributed by atoms with Crippen LogP contribution in [0.1, 0.15) is 80.7 Å². The number of aryl methyl sites for hydroxylation is 2. The summed E-state index contributed by atoms with van der Waals surface area (Å²) in [6.45, 7) is 1.33. The molecule has 56 heavy (non-hydrogen) atoms. The number of anilines is 4. The first kappa shape index (κ1) is 37.7. The normalized spacial score (nSPS) is 15.6. The number of benzene rings is 2. The molecular formula is C45H45N7O4. The molecule has 0 amide bonds. The third kappa shape index (κ3) is 8.84. The predicted molar refractivity (Wildman–Crippen MR) is 219 cm³/mol. The molecule has 8 rings (SSSR count). The van der Waals surface area contributed by atoms with Gasteiger partial charge >= 0.3 is 11.9 Å². The van der Waals surface area contributed by atoms with Gasteiger partial charge in [-0.25, -0.2) is 14.6 Å². The van der Waals surface area contributed by atoms with Crippen molar-refractivity contribution in [2.75, 3.05) is 35.7 Å². The third-order valence-electron chi connectivity index (χ3n) is 10.6. The first-order chi connectivity index (χ1) is 27.4. The molecule has 0 spiro atoms. The molecule has 4 aromatic heterocycles. The Labute approximate surface area is 326 Å². The zero-order valence-corrected chi connectivity index (χ0v) is 31.3. The van der Waals surface area contributed by atoms with Gasteiger partial charge in [0.05, 0.1) is 40.6 Å². The number of nitrogens with zero attached hydrogens (tertiary/aromatic N) is 5. The van der Waals surface area contributed by atoms with E-state index >= 15 is 0 Å². The van der Waals surface area contributed by atoms with Crippen LogP contribution in [0.3, 0.4) is 0 Å². The number of aromatic nitrogens is 4. The van der Waals surface area contributed by atoms with E-state index in [1.165, 1.54) is 35.7 Å². The molecule has 0 fully saturated rings. The van der Waals surface area contributed by atoms with E-state index < -0.39 is 11.9 Å². The van der Waals surface area contributed by atoms with Crippen molar-refractivity contribution in [2.24, 2.45) is 0 Å². The fourth-order valence-electron chi connectivity index (χ4n) is 7.57. The zero-order chi connectivity index (χ0) is 38.9. The van der Waals surface area contributed by atoms with Gasteiger partial charge in [0.15, 0.2) is 0 Å². The standard InChI is InChI=1S/C23H24N4O2.C22H21N3O2/c1-27(17-7-3-2-4-8-17)22-11-10-18-16(6-5-9-20(18)26-22)14-25-21-15-24-13-12-19(21)23(28)29;26-22(27)18-11-12-23-14-21(18)24-13-16-7-4-8-20-17(16)9-10-19(25-20)15-5-2-1-3-6-15/h2-4,7-8,10-13,15-16,25H,5-6,9,14H2,1H3,(H,28,29);1-3,5-6,9-12,14,16,24H,4,7-8,13H2,(H,26,27). The second kappa shape index (κ2) is 17.7. The quantitative estimate of drug-likeness (QED) is 0.101. The maximum absolute atomic E-state index is 11.4. The van der Waals surface area contributed by atoms with E-state index in [0.29, 0.717) is 36.3 Å². The average Bonchev–Trinajstić information content (AvgIpc) is 3.25. The van der Waals surface area contributed by atoms with Crippen LogP contribution in [0.25, 0.3) is 11.3 Å². The molecule has 2 aliphatic carbocycles. The van der Waals surface area contributed by atoms with Crippen LogP contribution in [0, 0.1) is 0 Å². The van der Waals surface area contributed by atoms with E-state index in [2.05, 4.69) is 74.0 Å². The molecule has 11 nitrogen and oxygen atoms in total. The Balaban J connectivity index is 0.000000172. The number of carboxylic acid groups (broad SMARTS) is 2. The second-order valence-corrected chi connectivity index (χ2v) is 14.1.